The van der Waals surface area contributed by atoms with Gasteiger partial charge in [0, 0.05) is 12.6 Å². The van der Waals surface area contributed by atoms with Crippen molar-refractivity contribution in [2.75, 3.05) is 7.05 Å². The molecule has 1 nitrogen and oxygen atoms in total. The summed E-state index contributed by atoms with van der Waals surface area (Å²) in [6.07, 6.45) is 7.79. The topological polar surface area (TPSA) is 12.4 Å². The molecule has 1 heteroatoms. The molecule has 1 aromatic carbocycles. The first-order chi connectivity index (χ1) is 7.83. The molecule has 0 aliphatic rings. The Kier molecular flexibility index (Phi) is 5.00. The van der Waals surface area contributed by atoms with Crippen molar-refractivity contribution < 1.29 is 0 Å². The highest BCUT2D eigenvalue weighted by atomic mass is 14.7. The minimum absolute atomic E-state index is 0.985. The maximum Gasteiger partial charge on any atom is 0.0715 e. The zero-order chi connectivity index (χ0) is 11.8. The van der Waals surface area contributed by atoms with Crippen molar-refractivity contribution in [3.63, 3.8) is 0 Å². The molecule has 0 aliphatic carbocycles. The molecule has 0 aromatic heterocycles. The van der Waals surface area contributed by atoms with Gasteiger partial charge in [-0.3, -0.25) is 4.99 Å². The standard InChI is InChI=1S/C15H17N/c1-4-9-13(10-5-2)15(16-3)14-11-7-6-8-12-14/h4-12H,1H2,2-3H3/b10-5-,13-9+,16-15?. The first-order valence-corrected chi connectivity index (χ1v) is 5.31. The Bertz CT molecular complexity index is 422. The van der Waals surface area contributed by atoms with E-state index in [0.717, 1.165) is 16.8 Å². The number of rotatable bonds is 4. The predicted octanol–water partition coefficient (Wildman–Crippen LogP) is 3.79. The van der Waals surface area contributed by atoms with Gasteiger partial charge in [0.1, 0.15) is 0 Å². The van der Waals surface area contributed by atoms with Crippen molar-refractivity contribution in [3.8, 4) is 0 Å². The second-order valence-corrected chi connectivity index (χ2v) is 3.30. The Morgan fingerprint density at radius 2 is 1.94 bits per heavy atom. The summed E-state index contributed by atoms with van der Waals surface area (Å²) < 4.78 is 0. The van der Waals surface area contributed by atoms with E-state index in [1.807, 2.05) is 50.4 Å². The molecule has 0 amide bonds. The van der Waals surface area contributed by atoms with Crippen LogP contribution in [0.5, 0.6) is 0 Å². The van der Waals surface area contributed by atoms with Crippen LogP contribution in [0.15, 0.2) is 71.8 Å². The Labute approximate surface area is 97.5 Å². The molecule has 0 heterocycles. The molecule has 0 saturated heterocycles. The third-order valence-electron chi connectivity index (χ3n) is 2.19. The van der Waals surface area contributed by atoms with Crippen LogP contribution in [0.3, 0.4) is 0 Å². The van der Waals surface area contributed by atoms with E-state index in [1.165, 1.54) is 0 Å². The van der Waals surface area contributed by atoms with E-state index in [1.54, 1.807) is 6.08 Å². The van der Waals surface area contributed by atoms with E-state index in [-0.39, 0.29) is 0 Å². The quantitative estimate of drug-likeness (QED) is 0.530. The van der Waals surface area contributed by atoms with E-state index >= 15 is 0 Å². The zero-order valence-electron chi connectivity index (χ0n) is 9.85. The fraction of sp³-hybridized carbons (Fsp3) is 0.133. The molecule has 0 radical (unpaired) electrons. The summed E-state index contributed by atoms with van der Waals surface area (Å²) in [5, 5.41) is 0. The molecule has 0 N–H and O–H groups in total. The highest BCUT2D eigenvalue weighted by Crippen LogP contribution is 2.11. The van der Waals surface area contributed by atoms with Crippen molar-refractivity contribution in [2.24, 2.45) is 4.99 Å². The van der Waals surface area contributed by atoms with Crippen LogP contribution in [0.25, 0.3) is 0 Å². The number of nitrogens with zero attached hydrogens (tertiary/aromatic N) is 1. The van der Waals surface area contributed by atoms with Crippen LogP contribution in [0.2, 0.25) is 0 Å². The molecule has 1 aromatic rings. The highest BCUT2D eigenvalue weighted by molar-refractivity contribution is 6.14. The van der Waals surface area contributed by atoms with Crippen LogP contribution in [-0.4, -0.2) is 12.8 Å². The number of hydrogen-bond acceptors (Lipinski definition) is 1. The van der Waals surface area contributed by atoms with E-state index < -0.39 is 0 Å². The van der Waals surface area contributed by atoms with Crippen molar-refractivity contribution in [1.29, 1.82) is 0 Å². The average Bonchev–Trinajstić information content (AvgIpc) is 2.32. The minimum atomic E-state index is 0.985. The Morgan fingerprint density at radius 3 is 2.44 bits per heavy atom. The summed E-state index contributed by atoms with van der Waals surface area (Å²) in [7, 11) is 1.81. The lowest BCUT2D eigenvalue weighted by atomic mass is 10.0. The first-order valence-electron chi connectivity index (χ1n) is 5.31. The van der Waals surface area contributed by atoms with E-state index in [2.05, 4.69) is 23.7 Å². The van der Waals surface area contributed by atoms with Crippen LogP contribution in [0.4, 0.5) is 0 Å². The second kappa shape index (κ2) is 6.57. The van der Waals surface area contributed by atoms with Gasteiger partial charge in [0.15, 0.2) is 0 Å². The third kappa shape index (κ3) is 3.06. The van der Waals surface area contributed by atoms with Crippen LogP contribution in [-0.2, 0) is 0 Å². The molecule has 1 rings (SSSR count). The smallest absolute Gasteiger partial charge is 0.0715 e. The lowest BCUT2D eigenvalue weighted by molar-refractivity contribution is 1.41. The summed E-state index contributed by atoms with van der Waals surface area (Å²) in [5.41, 5.74) is 3.18. The zero-order valence-corrected chi connectivity index (χ0v) is 9.85. The maximum atomic E-state index is 4.35. The molecule has 0 saturated carbocycles. The Morgan fingerprint density at radius 1 is 1.25 bits per heavy atom. The number of benzene rings is 1. The number of allylic oxidation sites excluding steroid dienone is 5. The van der Waals surface area contributed by atoms with Gasteiger partial charge in [-0.05, 0) is 12.5 Å². The van der Waals surface area contributed by atoms with Crippen molar-refractivity contribution >= 4 is 5.71 Å². The van der Waals surface area contributed by atoms with Crippen LogP contribution in [0, 0.1) is 0 Å². The SMILES string of the molecule is C=C/C=C(\C=C/C)C(=NC)c1ccccc1. The Balaban J connectivity index is 3.17. The van der Waals surface area contributed by atoms with Gasteiger partial charge in [0.25, 0.3) is 0 Å². The molecular formula is C15H17N. The number of aliphatic imine (C=N–C) groups is 1. The minimum Gasteiger partial charge on any atom is -0.287 e. The largest absolute Gasteiger partial charge is 0.287 e. The average molecular weight is 211 g/mol. The lowest BCUT2D eigenvalue weighted by Gasteiger charge is -2.06. The molecule has 0 bridgehead atoms. The van der Waals surface area contributed by atoms with Crippen molar-refractivity contribution in [3.05, 3.63) is 72.4 Å². The van der Waals surface area contributed by atoms with Gasteiger partial charge in [-0.15, -0.1) is 0 Å². The number of hydrogen-bond donors (Lipinski definition) is 0. The summed E-state index contributed by atoms with van der Waals surface area (Å²) >= 11 is 0. The van der Waals surface area contributed by atoms with Gasteiger partial charge < -0.3 is 0 Å². The normalized spacial score (nSPS) is 13.1. The van der Waals surface area contributed by atoms with Gasteiger partial charge in [-0.25, -0.2) is 0 Å². The molecule has 16 heavy (non-hydrogen) atoms. The molecule has 82 valence electrons. The van der Waals surface area contributed by atoms with Gasteiger partial charge in [0.2, 0.25) is 0 Å². The molecule has 0 unspecified atom stereocenters. The second-order valence-electron chi connectivity index (χ2n) is 3.30. The van der Waals surface area contributed by atoms with Crippen molar-refractivity contribution in [2.45, 2.75) is 6.92 Å². The van der Waals surface area contributed by atoms with Gasteiger partial charge in [-0.2, -0.15) is 0 Å². The van der Waals surface area contributed by atoms with Crippen LogP contribution in [0.1, 0.15) is 12.5 Å². The van der Waals surface area contributed by atoms with Gasteiger partial charge in [-0.1, -0.05) is 61.2 Å². The van der Waals surface area contributed by atoms with Gasteiger partial charge >= 0.3 is 0 Å². The van der Waals surface area contributed by atoms with E-state index in [9.17, 15) is 0 Å². The molecule has 0 fully saturated rings. The summed E-state index contributed by atoms with van der Waals surface area (Å²) in [4.78, 5) is 4.35. The monoisotopic (exact) mass is 211 g/mol. The highest BCUT2D eigenvalue weighted by Gasteiger charge is 2.04. The summed E-state index contributed by atoms with van der Waals surface area (Å²) in [6, 6.07) is 10.2. The predicted molar refractivity (Wildman–Crippen MR) is 72.0 cm³/mol. The van der Waals surface area contributed by atoms with E-state index in [4.69, 9.17) is 0 Å². The fourth-order valence-electron chi connectivity index (χ4n) is 1.54. The van der Waals surface area contributed by atoms with Crippen LogP contribution >= 0.6 is 0 Å². The first kappa shape index (κ1) is 12.2. The van der Waals surface area contributed by atoms with Gasteiger partial charge in [0.05, 0.1) is 5.71 Å². The van der Waals surface area contributed by atoms with E-state index in [0.29, 0.717) is 0 Å². The lowest BCUT2D eigenvalue weighted by Crippen LogP contribution is -2.03. The van der Waals surface area contributed by atoms with Crippen LogP contribution < -0.4 is 0 Å². The molecule has 0 atom stereocenters. The third-order valence-corrected chi connectivity index (χ3v) is 2.19. The molecule has 0 spiro atoms. The summed E-state index contributed by atoms with van der Waals surface area (Å²) in [5.74, 6) is 0. The van der Waals surface area contributed by atoms with Crippen molar-refractivity contribution in [1.82, 2.24) is 0 Å². The molecular weight excluding hydrogens is 194 g/mol. The summed E-state index contributed by atoms with van der Waals surface area (Å²) in [6.45, 7) is 5.72. The Hall–Kier alpha value is -1.89. The molecule has 0 aliphatic heterocycles. The fourth-order valence-corrected chi connectivity index (χ4v) is 1.54. The maximum absolute atomic E-state index is 4.35.